The van der Waals surface area contributed by atoms with Gasteiger partial charge in [-0.1, -0.05) is 0 Å². The molecule has 1 aromatic carbocycles. The van der Waals surface area contributed by atoms with Crippen LogP contribution in [-0.4, -0.2) is 12.6 Å². The molecule has 0 saturated carbocycles. The predicted molar refractivity (Wildman–Crippen MR) is 66.5 cm³/mol. The van der Waals surface area contributed by atoms with Crippen molar-refractivity contribution in [3.8, 4) is 5.75 Å². The second kappa shape index (κ2) is 4.89. The van der Waals surface area contributed by atoms with Crippen molar-refractivity contribution in [1.29, 1.82) is 0 Å². The van der Waals surface area contributed by atoms with Crippen molar-refractivity contribution in [3.63, 3.8) is 0 Å². The summed E-state index contributed by atoms with van der Waals surface area (Å²) in [5.41, 5.74) is 5.80. The first kappa shape index (κ1) is 12.1. The molecule has 0 saturated heterocycles. The summed E-state index contributed by atoms with van der Waals surface area (Å²) >= 11 is 0. The lowest BCUT2D eigenvalue weighted by molar-refractivity contribution is -0.132. The normalized spacial score (nSPS) is 10.3. The number of benzene rings is 1. The molecule has 1 aromatic heterocycles. The highest BCUT2D eigenvalue weighted by molar-refractivity contribution is 5.82. The van der Waals surface area contributed by atoms with Crippen LogP contribution in [-0.2, 0) is 4.79 Å². The number of fused-ring (bicyclic) bond motifs is 1. The fourth-order valence-corrected chi connectivity index (χ4v) is 1.55. The van der Waals surface area contributed by atoms with E-state index in [0.29, 0.717) is 11.0 Å². The van der Waals surface area contributed by atoms with E-state index in [4.69, 9.17) is 14.9 Å². The first-order valence-corrected chi connectivity index (χ1v) is 5.30. The third-order valence-electron chi connectivity index (χ3n) is 2.26. The van der Waals surface area contributed by atoms with Crippen LogP contribution in [0.25, 0.3) is 11.0 Å². The van der Waals surface area contributed by atoms with E-state index < -0.39 is 11.6 Å². The fourth-order valence-electron chi connectivity index (χ4n) is 1.55. The lowest BCUT2D eigenvalue weighted by atomic mass is 10.2. The maximum Gasteiger partial charge on any atom is 0.379 e. The van der Waals surface area contributed by atoms with Crippen molar-refractivity contribution in [1.82, 2.24) is 0 Å². The van der Waals surface area contributed by atoms with Crippen LogP contribution in [0.15, 0.2) is 33.5 Å². The van der Waals surface area contributed by atoms with Crippen molar-refractivity contribution < 1.29 is 13.9 Å². The number of rotatable bonds is 3. The van der Waals surface area contributed by atoms with Crippen molar-refractivity contribution in [2.24, 2.45) is 5.73 Å². The van der Waals surface area contributed by atoms with Crippen LogP contribution in [0.1, 0.15) is 6.92 Å². The van der Waals surface area contributed by atoms with E-state index in [2.05, 4.69) is 5.32 Å². The highest BCUT2D eigenvalue weighted by Crippen LogP contribution is 2.20. The molecule has 6 heteroatoms. The largest absolute Gasteiger partial charge is 0.420 e. The van der Waals surface area contributed by atoms with Crippen molar-refractivity contribution in [2.75, 3.05) is 12.0 Å². The van der Waals surface area contributed by atoms with E-state index in [9.17, 15) is 9.59 Å². The highest BCUT2D eigenvalue weighted by Gasteiger charge is 2.08. The second-order valence-corrected chi connectivity index (χ2v) is 3.63. The standard InChI is InChI=1S/C12H12N2O4/c1-7(15)17-11-4-8-2-3-9(14-6-13)5-10(8)18-12(11)16/h2-5,14H,6,13H2,1H3. The molecule has 6 nitrogen and oxygen atoms in total. The summed E-state index contributed by atoms with van der Waals surface area (Å²) in [5, 5.41) is 3.56. The molecule has 0 aliphatic rings. The van der Waals surface area contributed by atoms with Crippen LogP contribution in [0, 0.1) is 0 Å². The maximum absolute atomic E-state index is 11.5. The molecule has 0 spiro atoms. The fraction of sp³-hybridized carbons (Fsp3) is 0.167. The molecule has 0 atom stereocenters. The van der Waals surface area contributed by atoms with Gasteiger partial charge in [-0.05, 0) is 18.2 Å². The summed E-state index contributed by atoms with van der Waals surface area (Å²) in [4.78, 5) is 22.4. The predicted octanol–water partition coefficient (Wildman–Crippen LogP) is 1.05. The molecule has 0 aliphatic heterocycles. The molecule has 0 unspecified atom stereocenters. The smallest absolute Gasteiger partial charge is 0.379 e. The van der Waals surface area contributed by atoms with Crippen LogP contribution in [0.3, 0.4) is 0 Å². The molecule has 0 bridgehead atoms. The molecule has 94 valence electrons. The molecular formula is C12H12N2O4. The Morgan fingerprint density at radius 3 is 2.89 bits per heavy atom. The Hall–Kier alpha value is -2.34. The lowest BCUT2D eigenvalue weighted by Gasteiger charge is -2.05. The molecule has 1 heterocycles. The van der Waals surface area contributed by atoms with Gasteiger partial charge in [-0.15, -0.1) is 0 Å². The molecule has 3 N–H and O–H groups in total. The SMILES string of the molecule is CC(=O)Oc1cc2ccc(NCN)cc2oc1=O. The monoisotopic (exact) mass is 248 g/mol. The number of hydrogen-bond acceptors (Lipinski definition) is 6. The van der Waals surface area contributed by atoms with Gasteiger partial charge < -0.3 is 20.2 Å². The Bertz CT molecular complexity index is 648. The van der Waals surface area contributed by atoms with Gasteiger partial charge in [0, 0.05) is 24.1 Å². The summed E-state index contributed by atoms with van der Waals surface area (Å²) in [6.45, 7) is 1.50. The zero-order chi connectivity index (χ0) is 13.1. The van der Waals surface area contributed by atoms with E-state index in [1.807, 2.05) is 0 Å². The minimum absolute atomic E-state index is 0.116. The first-order valence-electron chi connectivity index (χ1n) is 5.30. The third-order valence-corrected chi connectivity index (χ3v) is 2.26. The molecule has 0 fully saturated rings. The topological polar surface area (TPSA) is 94.6 Å². The van der Waals surface area contributed by atoms with Crippen LogP contribution in [0.5, 0.6) is 5.75 Å². The van der Waals surface area contributed by atoms with Crippen molar-refractivity contribution >= 4 is 22.6 Å². The van der Waals surface area contributed by atoms with Gasteiger partial charge in [0.15, 0.2) is 0 Å². The van der Waals surface area contributed by atoms with Crippen LogP contribution < -0.4 is 21.4 Å². The van der Waals surface area contributed by atoms with E-state index in [-0.39, 0.29) is 12.4 Å². The van der Waals surface area contributed by atoms with Gasteiger partial charge in [0.2, 0.25) is 5.75 Å². The second-order valence-electron chi connectivity index (χ2n) is 3.63. The van der Waals surface area contributed by atoms with Gasteiger partial charge >= 0.3 is 11.6 Å². The Morgan fingerprint density at radius 1 is 1.44 bits per heavy atom. The first-order chi connectivity index (χ1) is 8.60. The quantitative estimate of drug-likeness (QED) is 0.479. The molecule has 0 radical (unpaired) electrons. The summed E-state index contributed by atoms with van der Waals surface area (Å²) < 4.78 is 9.82. The Morgan fingerprint density at radius 2 is 2.22 bits per heavy atom. The number of nitrogens with one attached hydrogen (secondary N) is 1. The van der Waals surface area contributed by atoms with E-state index in [1.54, 1.807) is 18.2 Å². The van der Waals surface area contributed by atoms with Gasteiger partial charge in [-0.2, -0.15) is 0 Å². The van der Waals surface area contributed by atoms with Gasteiger partial charge in [0.25, 0.3) is 0 Å². The number of hydrogen-bond donors (Lipinski definition) is 2. The van der Waals surface area contributed by atoms with Gasteiger partial charge in [0.1, 0.15) is 5.58 Å². The Labute approximate surface area is 102 Å². The minimum Gasteiger partial charge on any atom is -0.420 e. The van der Waals surface area contributed by atoms with E-state index >= 15 is 0 Å². The average Bonchev–Trinajstić information content (AvgIpc) is 2.30. The van der Waals surface area contributed by atoms with Crippen LogP contribution >= 0.6 is 0 Å². The minimum atomic E-state index is -0.692. The highest BCUT2D eigenvalue weighted by atomic mass is 16.5. The molecule has 0 aliphatic carbocycles. The number of anilines is 1. The molecule has 18 heavy (non-hydrogen) atoms. The number of carbonyl (C=O) groups excluding carboxylic acids is 1. The van der Waals surface area contributed by atoms with Gasteiger partial charge in [-0.3, -0.25) is 4.79 Å². The van der Waals surface area contributed by atoms with E-state index in [0.717, 1.165) is 5.69 Å². The maximum atomic E-state index is 11.5. The third kappa shape index (κ3) is 2.49. The summed E-state index contributed by atoms with van der Waals surface area (Å²) in [6.07, 6.45) is 0. The molecule has 0 amide bonds. The van der Waals surface area contributed by atoms with E-state index in [1.165, 1.54) is 13.0 Å². The Kier molecular flexibility index (Phi) is 3.29. The molecule has 2 rings (SSSR count). The lowest BCUT2D eigenvalue weighted by Crippen LogP contribution is -2.11. The van der Waals surface area contributed by atoms with Crippen LogP contribution in [0.4, 0.5) is 5.69 Å². The Balaban J connectivity index is 2.50. The number of esters is 1. The van der Waals surface area contributed by atoms with Gasteiger partial charge in [0.05, 0.1) is 6.67 Å². The number of carbonyl (C=O) groups is 1. The zero-order valence-electron chi connectivity index (χ0n) is 9.73. The zero-order valence-corrected chi connectivity index (χ0v) is 9.73. The molecular weight excluding hydrogens is 236 g/mol. The summed E-state index contributed by atoms with van der Waals surface area (Å²) in [7, 11) is 0. The van der Waals surface area contributed by atoms with Gasteiger partial charge in [-0.25, -0.2) is 4.79 Å². The molecule has 2 aromatic rings. The number of ether oxygens (including phenoxy) is 1. The summed E-state index contributed by atoms with van der Waals surface area (Å²) in [6, 6.07) is 6.64. The average molecular weight is 248 g/mol. The van der Waals surface area contributed by atoms with Crippen molar-refractivity contribution in [3.05, 3.63) is 34.7 Å². The summed E-state index contributed by atoms with van der Waals surface area (Å²) in [5.74, 6) is -0.683. The van der Waals surface area contributed by atoms with Crippen LogP contribution in [0.2, 0.25) is 0 Å². The number of nitrogens with two attached hydrogens (primary N) is 1. The van der Waals surface area contributed by atoms with Crippen molar-refractivity contribution in [2.45, 2.75) is 6.92 Å².